The lowest BCUT2D eigenvalue weighted by Crippen LogP contribution is -2.48. The summed E-state index contributed by atoms with van der Waals surface area (Å²) in [6.07, 6.45) is 0.476. The van der Waals surface area contributed by atoms with Crippen LogP contribution in [0.1, 0.15) is 12.5 Å². The molecule has 1 rings (SSSR count). The Kier molecular flexibility index (Phi) is 6.02. The summed E-state index contributed by atoms with van der Waals surface area (Å²) in [7, 11) is 1.55. The van der Waals surface area contributed by atoms with Crippen LogP contribution in [-0.2, 0) is 16.0 Å². The number of hydrogen-bond donors (Lipinski definition) is 2. The molecule has 0 heterocycles. The second-order valence-electron chi connectivity index (χ2n) is 4.32. The second-order valence-corrected chi connectivity index (χ2v) is 4.32. The maximum absolute atomic E-state index is 12.2. The van der Waals surface area contributed by atoms with E-state index in [-0.39, 0.29) is 18.4 Å². The fraction of sp³-hybridized carbons (Fsp3) is 0.429. The van der Waals surface area contributed by atoms with Crippen LogP contribution in [0.2, 0.25) is 0 Å². The molecule has 0 fully saturated rings. The van der Waals surface area contributed by atoms with E-state index in [0.717, 1.165) is 5.56 Å². The Labute approximate surface area is 113 Å². The van der Waals surface area contributed by atoms with Gasteiger partial charge in [-0.1, -0.05) is 30.3 Å². The Morgan fingerprint density at radius 3 is 2.47 bits per heavy atom. The summed E-state index contributed by atoms with van der Waals surface area (Å²) in [5.41, 5.74) is 6.93. The molecule has 0 spiro atoms. The van der Waals surface area contributed by atoms with Gasteiger partial charge in [0, 0.05) is 13.6 Å². The van der Waals surface area contributed by atoms with Crippen molar-refractivity contribution < 1.29 is 9.59 Å². The third-order valence-corrected chi connectivity index (χ3v) is 2.92. The lowest BCUT2D eigenvalue weighted by Gasteiger charge is -2.23. The van der Waals surface area contributed by atoms with E-state index in [2.05, 4.69) is 5.32 Å². The normalized spacial score (nSPS) is 11.7. The number of carbonyl (C=O) groups excluding carboxylic acids is 2. The smallest absolute Gasteiger partial charge is 0.240 e. The summed E-state index contributed by atoms with van der Waals surface area (Å²) >= 11 is 0. The van der Waals surface area contributed by atoms with E-state index in [1.807, 2.05) is 37.3 Å². The van der Waals surface area contributed by atoms with Crippen LogP contribution in [0, 0.1) is 0 Å². The van der Waals surface area contributed by atoms with E-state index in [1.165, 1.54) is 4.90 Å². The van der Waals surface area contributed by atoms with E-state index in [9.17, 15) is 9.59 Å². The van der Waals surface area contributed by atoms with Gasteiger partial charge in [-0.3, -0.25) is 9.59 Å². The fourth-order valence-corrected chi connectivity index (χ4v) is 1.79. The molecule has 3 N–H and O–H groups in total. The van der Waals surface area contributed by atoms with Gasteiger partial charge in [-0.05, 0) is 18.9 Å². The van der Waals surface area contributed by atoms with Crippen molar-refractivity contribution in [2.24, 2.45) is 5.73 Å². The molecule has 0 aliphatic heterocycles. The Morgan fingerprint density at radius 2 is 1.95 bits per heavy atom. The van der Waals surface area contributed by atoms with Crippen LogP contribution in [0.25, 0.3) is 0 Å². The summed E-state index contributed by atoms with van der Waals surface area (Å²) in [5.74, 6) is -0.392. The molecule has 5 nitrogen and oxygen atoms in total. The first-order chi connectivity index (χ1) is 9.08. The number of hydrogen-bond acceptors (Lipinski definition) is 3. The fourth-order valence-electron chi connectivity index (χ4n) is 1.79. The van der Waals surface area contributed by atoms with Crippen LogP contribution in [0.15, 0.2) is 30.3 Å². The van der Waals surface area contributed by atoms with Gasteiger partial charge in [-0.2, -0.15) is 0 Å². The molecule has 0 radical (unpaired) electrons. The number of nitrogens with zero attached hydrogens (tertiary/aromatic N) is 1. The quantitative estimate of drug-likeness (QED) is 0.767. The van der Waals surface area contributed by atoms with Crippen LogP contribution in [0.3, 0.4) is 0 Å². The van der Waals surface area contributed by atoms with Crippen molar-refractivity contribution in [3.63, 3.8) is 0 Å². The van der Waals surface area contributed by atoms with Crippen LogP contribution in [0.5, 0.6) is 0 Å². The number of rotatable bonds is 6. The molecular formula is C14H21N3O2. The van der Waals surface area contributed by atoms with Gasteiger partial charge in [0.15, 0.2) is 0 Å². The number of benzene rings is 1. The molecule has 2 amide bonds. The molecule has 1 atom stereocenters. The predicted octanol–water partition coefficient (Wildman–Crippen LogP) is 0.151. The SMILES string of the molecule is CCN(CC(=O)NC)C(=O)[C@H](N)Cc1ccccc1. The molecule has 0 saturated carbocycles. The third-order valence-electron chi connectivity index (χ3n) is 2.92. The number of likely N-dealkylation sites (N-methyl/N-ethyl adjacent to an activating group) is 2. The maximum atomic E-state index is 12.2. The third kappa shape index (κ3) is 4.71. The Bertz CT molecular complexity index is 420. The van der Waals surface area contributed by atoms with Gasteiger partial charge >= 0.3 is 0 Å². The van der Waals surface area contributed by atoms with Crippen molar-refractivity contribution >= 4 is 11.8 Å². The number of amides is 2. The first kappa shape index (κ1) is 15.2. The average Bonchev–Trinajstić information content (AvgIpc) is 2.44. The minimum Gasteiger partial charge on any atom is -0.358 e. The minimum absolute atomic E-state index is 0.0499. The molecule has 0 aliphatic carbocycles. The molecule has 19 heavy (non-hydrogen) atoms. The lowest BCUT2D eigenvalue weighted by molar-refractivity contribution is -0.136. The van der Waals surface area contributed by atoms with Gasteiger partial charge in [-0.15, -0.1) is 0 Å². The van der Waals surface area contributed by atoms with Crippen LogP contribution in [-0.4, -0.2) is 42.9 Å². The highest BCUT2D eigenvalue weighted by Gasteiger charge is 2.21. The van der Waals surface area contributed by atoms with Crippen LogP contribution >= 0.6 is 0 Å². The van der Waals surface area contributed by atoms with Crippen molar-refractivity contribution in [2.45, 2.75) is 19.4 Å². The van der Waals surface area contributed by atoms with Gasteiger partial charge in [0.2, 0.25) is 11.8 Å². The zero-order chi connectivity index (χ0) is 14.3. The number of nitrogens with two attached hydrogens (primary N) is 1. The number of carbonyl (C=O) groups is 2. The first-order valence-electron chi connectivity index (χ1n) is 6.37. The standard InChI is InChI=1S/C14H21N3O2/c1-3-17(10-13(18)16-2)14(19)12(15)9-11-7-5-4-6-8-11/h4-8,12H,3,9-10,15H2,1-2H3,(H,16,18)/t12-/m1/s1. The summed E-state index contributed by atoms with van der Waals surface area (Å²) in [4.78, 5) is 24.9. The molecule has 0 unspecified atom stereocenters. The predicted molar refractivity (Wildman–Crippen MR) is 74.4 cm³/mol. The van der Waals surface area contributed by atoms with Gasteiger partial charge in [0.1, 0.15) is 0 Å². The molecule has 0 aromatic heterocycles. The van der Waals surface area contributed by atoms with Gasteiger partial charge in [0.25, 0.3) is 0 Å². The van der Waals surface area contributed by atoms with Crippen LogP contribution < -0.4 is 11.1 Å². The monoisotopic (exact) mass is 263 g/mol. The van der Waals surface area contributed by atoms with Gasteiger partial charge in [0.05, 0.1) is 12.6 Å². The summed E-state index contributed by atoms with van der Waals surface area (Å²) in [5, 5.41) is 2.50. The van der Waals surface area contributed by atoms with Gasteiger partial charge in [-0.25, -0.2) is 0 Å². The van der Waals surface area contributed by atoms with Crippen molar-refractivity contribution in [3.8, 4) is 0 Å². The highest BCUT2D eigenvalue weighted by atomic mass is 16.2. The molecule has 0 saturated heterocycles. The highest BCUT2D eigenvalue weighted by Crippen LogP contribution is 2.04. The zero-order valence-corrected chi connectivity index (χ0v) is 11.4. The van der Waals surface area contributed by atoms with Crippen molar-refractivity contribution in [3.05, 3.63) is 35.9 Å². The Morgan fingerprint density at radius 1 is 1.32 bits per heavy atom. The summed E-state index contributed by atoms with van der Waals surface area (Å²) in [6, 6.07) is 8.99. The van der Waals surface area contributed by atoms with E-state index in [0.29, 0.717) is 13.0 Å². The van der Waals surface area contributed by atoms with E-state index in [4.69, 9.17) is 5.73 Å². The minimum atomic E-state index is -0.619. The molecule has 104 valence electrons. The summed E-state index contributed by atoms with van der Waals surface area (Å²) in [6.45, 7) is 2.35. The van der Waals surface area contributed by atoms with Crippen LogP contribution in [0.4, 0.5) is 0 Å². The second kappa shape index (κ2) is 7.53. The summed E-state index contributed by atoms with van der Waals surface area (Å²) < 4.78 is 0. The van der Waals surface area contributed by atoms with Crippen molar-refractivity contribution in [2.75, 3.05) is 20.1 Å². The molecular weight excluding hydrogens is 242 g/mol. The molecule has 5 heteroatoms. The maximum Gasteiger partial charge on any atom is 0.240 e. The molecule has 1 aromatic rings. The topological polar surface area (TPSA) is 75.4 Å². The van der Waals surface area contributed by atoms with Crippen molar-refractivity contribution in [1.29, 1.82) is 0 Å². The molecule has 0 aliphatic rings. The number of nitrogens with one attached hydrogen (secondary N) is 1. The lowest BCUT2D eigenvalue weighted by atomic mass is 10.1. The average molecular weight is 263 g/mol. The Hall–Kier alpha value is -1.88. The Balaban J connectivity index is 2.61. The zero-order valence-electron chi connectivity index (χ0n) is 11.4. The largest absolute Gasteiger partial charge is 0.358 e. The van der Waals surface area contributed by atoms with Gasteiger partial charge < -0.3 is 16.0 Å². The van der Waals surface area contributed by atoms with E-state index >= 15 is 0 Å². The highest BCUT2D eigenvalue weighted by molar-refractivity contribution is 5.87. The van der Waals surface area contributed by atoms with E-state index < -0.39 is 6.04 Å². The molecule has 1 aromatic carbocycles. The van der Waals surface area contributed by atoms with E-state index in [1.54, 1.807) is 7.05 Å². The molecule has 0 bridgehead atoms. The van der Waals surface area contributed by atoms with Crippen molar-refractivity contribution in [1.82, 2.24) is 10.2 Å². The first-order valence-corrected chi connectivity index (χ1v) is 6.37.